The highest BCUT2D eigenvalue weighted by Gasteiger charge is 2.43. The van der Waals surface area contributed by atoms with Crippen molar-refractivity contribution < 1.29 is 14.3 Å². The number of nitrogens with one attached hydrogen (secondary N) is 1. The highest BCUT2D eigenvalue weighted by molar-refractivity contribution is 5.98. The van der Waals surface area contributed by atoms with Crippen molar-refractivity contribution in [3.05, 3.63) is 41.9 Å². The minimum atomic E-state index is -0.420. The van der Waals surface area contributed by atoms with Gasteiger partial charge in [0.15, 0.2) is 0 Å². The van der Waals surface area contributed by atoms with Crippen LogP contribution in [0.1, 0.15) is 24.6 Å². The summed E-state index contributed by atoms with van der Waals surface area (Å²) in [4.78, 5) is 20.8. The number of rotatable bonds is 2. The maximum atomic E-state index is 11.4. The zero-order valence-corrected chi connectivity index (χ0v) is 16.0. The molecule has 3 aromatic heterocycles. The molecule has 144 valence electrons. The van der Waals surface area contributed by atoms with E-state index in [1.807, 2.05) is 17.7 Å². The van der Waals surface area contributed by atoms with Gasteiger partial charge in [-0.2, -0.15) is 0 Å². The van der Waals surface area contributed by atoms with Crippen molar-refractivity contribution in [2.45, 2.75) is 25.4 Å². The van der Waals surface area contributed by atoms with E-state index in [4.69, 9.17) is 14.5 Å². The van der Waals surface area contributed by atoms with Crippen LogP contribution in [0.5, 0.6) is 0 Å². The number of aryl methyl sites for hydroxylation is 1. The summed E-state index contributed by atoms with van der Waals surface area (Å²) >= 11 is 0. The van der Waals surface area contributed by atoms with Crippen molar-refractivity contribution in [1.29, 1.82) is 0 Å². The van der Waals surface area contributed by atoms with Gasteiger partial charge in [0.25, 0.3) is 0 Å². The van der Waals surface area contributed by atoms with Crippen LogP contribution in [0.3, 0.4) is 0 Å². The van der Waals surface area contributed by atoms with Crippen LogP contribution in [0.4, 0.5) is 5.82 Å². The van der Waals surface area contributed by atoms with Crippen LogP contribution in [-0.4, -0.2) is 40.3 Å². The predicted octanol–water partition coefficient (Wildman–Crippen LogP) is 2.78. The highest BCUT2D eigenvalue weighted by Crippen LogP contribution is 2.40. The van der Waals surface area contributed by atoms with E-state index in [-0.39, 0.29) is 5.91 Å². The fraction of sp³-hybridized carbons (Fsp3) is 0.381. The second kappa shape index (κ2) is 6.39. The van der Waals surface area contributed by atoms with Gasteiger partial charge in [0.2, 0.25) is 5.91 Å². The van der Waals surface area contributed by atoms with Gasteiger partial charge in [-0.3, -0.25) is 4.79 Å². The largest absolute Gasteiger partial charge is 0.378 e. The summed E-state index contributed by atoms with van der Waals surface area (Å²) < 4.78 is 13.8. The highest BCUT2D eigenvalue weighted by atomic mass is 16.6. The van der Waals surface area contributed by atoms with E-state index in [1.165, 1.54) is 12.5 Å². The van der Waals surface area contributed by atoms with E-state index in [0.717, 1.165) is 40.7 Å². The molecule has 1 saturated heterocycles. The first-order valence-electron chi connectivity index (χ1n) is 9.51. The van der Waals surface area contributed by atoms with Crippen molar-refractivity contribution in [3.8, 4) is 11.3 Å². The fourth-order valence-corrected chi connectivity index (χ4v) is 4.24. The number of amides is 1. The molecule has 1 spiro atoms. The van der Waals surface area contributed by atoms with E-state index >= 15 is 0 Å². The Morgan fingerprint density at radius 3 is 3.00 bits per heavy atom. The summed E-state index contributed by atoms with van der Waals surface area (Å²) in [6.45, 7) is 3.44. The molecular weight excluding hydrogens is 356 g/mol. The number of ether oxygens (including phenoxy) is 2. The summed E-state index contributed by atoms with van der Waals surface area (Å²) in [7, 11) is 1.99. The van der Waals surface area contributed by atoms with E-state index in [1.54, 1.807) is 6.20 Å². The molecule has 0 saturated carbocycles. The van der Waals surface area contributed by atoms with Crippen LogP contribution in [0, 0.1) is 0 Å². The first-order valence-corrected chi connectivity index (χ1v) is 9.51. The summed E-state index contributed by atoms with van der Waals surface area (Å²) in [5.74, 6) is 0.394. The zero-order chi connectivity index (χ0) is 19.3. The number of fused-ring (bicyclic) bond motifs is 3. The van der Waals surface area contributed by atoms with Crippen molar-refractivity contribution in [1.82, 2.24) is 14.5 Å². The lowest BCUT2D eigenvalue weighted by Crippen LogP contribution is -2.37. The topological polar surface area (TPSA) is 78.3 Å². The van der Waals surface area contributed by atoms with Gasteiger partial charge in [-0.05, 0) is 24.1 Å². The third-order valence-corrected chi connectivity index (χ3v) is 5.60. The van der Waals surface area contributed by atoms with Gasteiger partial charge in [-0.25, -0.2) is 9.97 Å². The van der Waals surface area contributed by atoms with Gasteiger partial charge < -0.3 is 19.4 Å². The van der Waals surface area contributed by atoms with Crippen molar-refractivity contribution in [3.63, 3.8) is 0 Å². The van der Waals surface area contributed by atoms with Gasteiger partial charge in [0.1, 0.15) is 11.4 Å². The SMILES string of the molecule is CC(=O)Nc1cc2c(-c3ccc4c(n3)C3(CCOC3)OCC4)cn(C)c2cn1. The van der Waals surface area contributed by atoms with Crippen molar-refractivity contribution in [2.24, 2.45) is 7.05 Å². The first kappa shape index (κ1) is 17.3. The van der Waals surface area contributed by atoms with Gasteiger partial charge in [-0.15, -0.1) is 0 Å². The van der Waals surface area contributed by atoms with Gasteiger partial charge in [0.05, 0.1) is 36.3 Å². The Kier molecular flexibility index (Phi) is 3.96. The molecular formula is C21H22N4O3. The number of anilines is 1. The van der Waals surface area contributed by atoms with Crippen molar-refractivity contribution >= 4 is 22.6 Å². The minimum absolute atomic E-state index is 0.142. The Morgan fingerprint density at radius 2 is 2.21 bits per heavy atom. The lowest BCUT2D eigenvalue weighted by Gasteiger charge is -2.33. The third-order valence-electron chi connectivity index (χ3n) is 5.60. The Labute approximate surface area is 162 Å². The number of carbonyl (C=O) groups is 1. The average Bonchev–Trinajstić information content (AvgIpc) is 3.27. The van der Waals surface area contributed by atoms with E-state index in [2.05, 4.69) is 28.6 Å². The molecule has 1 atom stereocenters. The molecule has 1 N–H and O–H groups in total. The smallest absolute Gasteiger partial charge is 0.222 e. The van der Waals surface area contributed by atoms with Crippen LogP contribution in [0.25, 0.3) is 22.2 Å². The van der Waals surface area contributed by atoms with Crippen LogP contribution < -0.4 is 5.32 Å². The lowest BCUT2D eigenvalue weighted by molar-refractivity contribution is -0.114. The van der Waals surface area contributed by atoms with E-state index < -0.39 is 5.60 Å². The van der Waals surface area contributed by atoms with Crippen LogP contribution in [-0.2, 0) is 33.3 Å². The number of hydrogen-bond donors (Lipinski definition) is 1. The number of carbonyl (C=O) groups excluding carboxylic acids is 1. The molecule has 7 heteroatoms. The number of nitrogens with zero attached hydrogens (tertiary/aromatic N) is 3. The number of pyridine rings is 2. The summed E-state index contributed by atoms with van der Waals surface area (Å²) in [5, 5.41) is 3.76. The molecule has 0 radical (unpaired) electrons. The van der Waals surface area contributed by atoms with Gasteiger partial charge in [-0.1, -0.05) is 6.07 Å². The molecule has 2 aliphatic rings. The predicted molar refractivity (Wildman–Crippen MR) is 105 cm³/mol. The molecule has 3 aromatic rings. The van der Waals surface area contributed by atoms with Crippen LogP contribution in [0.15, 0.2) is 30.6 Å². The molecule has 0 aromatic carbocycles. The molecule has 5 rings (SSSR count). The second-order valence-corrected chi connectivity index (χ2v) is 7.52. The van der Waals surface area contributed by atoms with Crippen LogP contribution in [0.2, 0.25) is 0 Å². The molecule has 7 nitrogen and oxygen atoms in total. The fourth-order valence-electron chi connectivity index (χ4n) is 4.24. The van der Waals surface area contributed by atoms with E-state index in [0.29, 0.717) is 25.6 Å². The maximum Gasteiger partial charge on any atom is 0.222 e. The Hall–Kier alpha value is -2.77. The summed E-state index contributed by atoms with van der Waals surface area (Å²) in [5.41, 5.74) is 4.70. The standard InChI is InChI=1S/C21H22N4O3/c1-13(26)23-19-9-15-16(11-25(2)18(15)10-22-19)17-4-3-14-5-7-28-21(20(14)24-17)6-8-27-12-21/h3-4,9-11H,5-8,12H2,1-2H3,(H,22,23,26). The van der Waals surface area contributed by atoms with Gasteiger partial charge >= 0.3 is 0 Å². The molecule has 0 bridgehead atoms. The molecule has 0 aliphatic carbocycles. The molecule has 28 heavy (non-hydrogen) atoms. The third kappa shape index (κ3) is 2.70. The molecule has 1 amide bonds. The normalized spacial score (nSPS) is 21.2. The summed E-state index contributed by atoms with van der Waals surface area (Å²) in [6, 6.07) is 6.13. The first-order chi connectivity index (χ1) is 13.6. The molecule has 1 unspecified atom stereocenters. The minimum Gasteiger partial charge on any atom is -0.378 e. The van der Waals surface area contributed by atoms with Gasteiger partial charge in [0, 0.05) is 44.1 Å². The molecule has 1 fully saturated rings. The van der Waals surface area contributed by atoms with Crippen LogP contribution >= 0.6 is 0 Å². The Bertz CT molecular complexity index is 1080. The quantitative estimate of drug-likeness (QED) is 0.742. The van der Waals surface area contributed by atoms with Crippen molar-refractivity contribution in [2.75, 3.05) is 25.1 Å². The molecule has 5 heterocycles. The lowest BCUT2D eigenvalue weighted by atomic mass is 9.89. The summed E-state index contributed by atoms with van der Waals surface area (Å²) in [6.07, 6.45) is 5.54. The second-order valence-electron chi connectivity index (χ2n) is 7.52. The Balaban J connectivity index is 1.65. The number of hydrogen-bond acceptors (Lipinski definition) is 5. The Morgan fingerprint density at radius 1 is 1.32 bits per heavy atom. The monoisotopic (exact) mass is 378 g/mol. The maximum absolute atomic E-state index is 11.4. The average molecular weight is 378 g/mol. The zero-order valence-electron chi connectivity index (χ0n) is 16.0. The number of aromatic nitrogens is 3. The molecule has 2 aliphatic heterocycles. The van der Waals surface area contributed by atoms with E-state index in [9.17, 15) is 4.79 Å².